The third-order valence-corrected chi connectivity index (χ3v) is 0.937. The third-order valence-electron chi connectivity index (χ3n) is 0.937. The van der Waals surface area contributed by atoms with E-state index in [0.29, 0.717) is 5.82 Å². The van der Waals surface area contributed by atoms with Crippen molar-refractivity contribution in [3.05, 3.63) is 24.9 Å². The molecule has 1 amide bonds. The van der Waals surface area contributed by atoms with Crippen molar-refractivity contribution < 1.29 is 4.79 Å². The largest absolute Gasteiger partial charge is 0.306 e. The first-order chi connectivity index (χ1) is 4.83. The van der Waals surface area contributed by atoms with Crippen LogP contribution in [0.3, 0.4) is 0 Å². The molecule has 1 aromatic heterocycles. The number of aromatic amines is 1. The minimum atomic E-state index is -0.257. The van der Waals surface area contributed by atoms with E-state index in [0.717, 1.165) is 0 Å². The Kier molecular flexibility index (Phi) is 1.84. The van der Waals surface area contributed by atoms with Crippen LogP contribution < -0.4 is 5.32 Å². The zero-order chi connectivity index (χ0) is 7.40. The van der Waals surface area contributed by atoms with Crippen LogP contribution in [-0.4, -0.2) is 16.1 Å². The van der Waals surface area contributed by atoms with Crippen molar-refractivity contribution in [2.24, 2.45) is 0 Å². The summed E-state index contributed by atoms with van der Waals surface area (Å²) < 4.78 is 0. The number of carbonyl (C=O) groups is 1. The van der Waals surface area contributed by atoms with Gasteiger partial charge < -0.3 is 5.32 Å². The summed E-state index contributed by atoms with van der Waals surface area (Å²) in [6.45, 7) is 3.29. The lowest BCUT2D eigenvalue weighted by atomic mass is 10.5. The van der Waals surface area contributed by atoms with E-state index in [2.05, 4.69) is 22.1 Å². The predicted octanol–water partition coefficient (Wildman–Crippen LogP) is 0.534. The first-order valence-electron chi connectivity index (χ1n) is 2.76. The molecular weight excluding hydrogens is 130 g/mol. The molecule has 0 spiro atoms. The van der Waals surface area contributed by atoms with Gasteiger partial charge in [-0.3, -0.25) is 9.89 Å². The van der Waals surface area contributed by atoms with Crippen LogP contribution in [0.15, 0.2) is 24.9 Å². The number of aromatic nitrogens is 2. The lowest BCUT2D eigenvalue weighted by molar-refractivity contribution is -0.111. The summed E-state index contributed by atoms with van der Waals surface area (Å²) in [5.41, 5.74) is 0. The summed E-state index contributed by atoms with van der Waals surface area (Å²) in [5, 5.41) is 8.73. The Bertz CT molecular complexity index is 227. The summed E-state index contributed by atoms with van der Waals surface area (Å²) in [6.07, 6.45) is 2.81. The molecule has 2 N–H and O–H groups in total. The van der Waals surface area contributed by atoms with Gasteiger partial charge in [-0.2, -0.15) is 5.10 Å². The van der Waals surface area contributed by atoms with E-state index >= 15 is 0 Å². The van der Waals surface area contributed by atoms with Crippen molar-refractivity contribution in [2.75, 3.05) is 5.32 Å². The molecule has 0 saturated heterocycles. The van der Waals surface area contributed by atoms with Crippen LogP contribution in [0.5, 0.6) is 0 Å². The second-order valence-electron chi connectivity index (χ2n) is 1.65. The van der Waals surface area contributed by atoms with E-state index < -0.39 is 0 Å². The zero-order valence-corrected chi connectivity index (χ0v) is 5.29. The van der Waals surface area contributed by atoms with Gasteiger partial charge in [-0.1, -0.05) is 6.58 Å². The molecule has 0 saturated carbocycles. The van der Waals surface area contributed by atoms with Crippen molar-refractivity contribution >= 4 is 11.7 Å². The first kappa shape index (κ1) is 6.54. The molecule has 0 aliphatic carbocycles. The average molecular weight is 137 g/mol. The standard InChI is InChI=1S/C6H7N3O/c1-2-6(10)8-5-3-4-7-9-5/h2-4H,1H2,(H2,7,8,9,10). The second-order valence-corrected chi connectivity index (χ2v) is 1.65. The van der Waals surface area contributed by atoms with Gasteiger partial charge in [0.05, 0.1) is 0 Å². The van der Waals surface area contributed by atoms with Crippen molar-refractivity contribution in [3.63, 3.8) is 0 Å². The van der Waals surface area contributed by atoms with Gasteiger partial charge in [0.1, 0.15) is 0 Å². The van der Waals surface area contributed by atoms with Crippen molar-refractivity contribution in [2.45, 2.75) is 0 Å². The molecule has 0 fully saturated rings. The Hall–Kier alpha value is -1.58. The van der Waals surface area contributed by atoms with E-state index in [1.54, 1.807) is 12.3 Å². The fourth-order valence-electron chi connectivity index (χ4n) is 0.507. The topological polar surface area (TPSA) is 57.8 Å². The highest BCUT2D eigenvalue weighted by Crippen LogP contribution is 1.96. The van der Waals surface area contributed by atoms with E-state index in [4.69, 9.17) is 0 Å². The normalized spacial score (nSPS) is 8.80. The number of rotatable bonds is 2. The Morgan fingerprint density at radius 2 is 2.70 bits per heavy atom. The van der Waals surface area contributed by atoms with Gasteiger partial charge in [0.2, 0.25) is 5.91 Å². The molecule has 0 aliphatic rings. The van der Waals surface area contributed by atoms with Crippen molar-refractivity contribution in [3.8, 4) is 0 Å². The summed E-state index contributed by atoms with van der Waals surface area (Å²) in [4.78, 5) is 10.6. The molecule has 1 rings (SSSR count). The summed E-state index contributed by atoms with van der Waals surface area (Å²) >= 11 is 0. The highest BCUT2D eigenvalue weighted by Gasteiger charge is 1.95. The number of amides is 1. The number of carbonyl (C=O) groups excluding carboxylic acids is 1. The molecular formula is C6H7N3O. The minimum Gasteiger partial charge on any atom is -0.306 e. The van der Waals surface area contributed by atoms with Crippen LogP contribution >= 0.6 is 0 Å². The lowest BCUT2D eigenvalue weighted by Crippen LogP contribution is -2.07. The van der Waals surface area contributed by atoms with Crippen LogP contribution in [0.4, 0.5) is 5.82 Å². The molecule has 0 aliphatic heterocycles. The second kappa shape index (κ2) is 2.82. The highest BCUT2D eigenvalue weighted by atomic mass is 16.1. The van der Waals surface area contributed by atoms with E-state index in [1.165, 1.54) is 6.08 Å². The fraction of sp³-hybridized carbons (Fsp3) is 0. The Labute approximate surface area is 57.9 Å². The molecule has 0 radical (unpaired) electrons. The Morgan fingerprint density at radius 1 is 1.90 bits per heavy atom. The maximum atomic E-state index is 10.6. The quantitative estimate of drug-likeness (QED) is 0.584. The van der Waals surface area contributed by atoms with Gasteiger partial charge in [0, 0.05) is 12.3 Å². The number of hydrogen-bond donors (Lipinski definition) is 2. The monoisotopic (exact) mass is 137 g/mol. The third kappa shape index (κ3) is 1.45. The molecule has 10 heavy (non-hydrogen) atoms. The average Bonchev–Trinajstić information content (AvgIpc) is 2.40. The molecule has 52 valence electrons. The number of H-pyrrole nitrogens is 1. The van der Waals surface area contributed by atoms with Crippen LogP contribution in [0.1, 0.15) is 0 Å². The van der Waals surface area contributed by atoms with Gasteiger partial charge in [0.15, 0.2) is 5.82 Å². The number of nitrogens with one attached hydrogen (secondary N) is 2. The highest BCUT2D eigenvalue weighted by molar-refractivity contribution is 5.98. The Balaban J connectivity index is 2.56. The van der Waals surface area contributed by atoms with Crippen LogP contribution in [0.25, 0.3) is 0 Å². The van der Waals surface area contributed by atoms with Crippen LogP contribution in [0.2, 0.25) is 0 Å². The molecule has 1 heterocycles. The number of anilines is 1. The smallest absolute Gasteiger partial charge is 0.248 e. The SMILES string of the molecule is C=CC(=O)Nc1cc[nH]n1. The summed E-state index contributed by atoms with van der Waals surface area (Å²) in [6, 6.07) is 1.65. The maximum absolute atomic E-state index is 10.6. The molecule has 0 bridgehead atoms. The molecule has 0 atom stereocenters. The lowest BCUT2D eigenvalue weighted by Gasteiger charge is -1.92. The number of nitrogens with zero attached hydrogens (tertiary/aromatic N) is 1. The minimum absolute atomic E-state index is 0.257. The van der Waals surface area contributed by atoms with Gasteiger partial charge in [-0.25, -0.2) is 0 Å². The molecule has 0 unspecified atom stereocenters. The molecule has 0 aromatic carbocycles. The summed E-state index contributed by atoms with van der Waals surface area (Å²) in [5.74, 6) is 0.247. The van der Waals surface area contributed by atoms with E-state index in [-0.39, 0.29) is 5.91 Å². The van der Waals surface area contributed by atoms with Crippen LogP contribution in [0, 0.1) is 0 Å². The van der Waals surface area contributed by atoms with Crippen molar-refractivity contribution in [1.82, 2.24) is 10.2 Å². The summed E-state index contributed by atoms with van der Waals surface area (Å²) in [7, 11) is 0. The number of hydrogen-bond acceptors (Lipinski definition) is 2. The van der Waals surface area contributed by atoms with Gasteiger partial charge in [-0.15, -0.1) is 0 Å². The van der Waals surface area contributed by atoms with Gasteiger partial charge in [0.25, 0.3) is 0 Å². The van der Waals surface area contributed by atoms with Gasteiger partial charge >= 0.3 is 0 Å². The first-order valence-corrected chi connectivity index (χ1v) is 2.76. The van der Waals surface area contributed by atoms with Gasteiger partial charge in [-0.05, 0) is 6.08 Å². The van der Waals surface area contributed by atoms with E-state index in [9.17, 15) is 4.79 Å². The molecule has 1 aromatic rings. The predicted molar refractivity (Wildman–Crippen MR) is 37.4 cm³/mol. The molecule has 4 nitrogen and oxygen atoms in total. The molecule has 4 heteroatoms. The fourth-order valence-corrected chi connectivity index (χ4v) is 0.507. The van der Waals surface area contributed by atoms with E-state index in [1.807, 2.05) is 0 Å². The maximum Gasteiger partial charge on any atom is 0.248 e. The Morgan fingerprint density at radius 3 is 3.20 bits per heavy atom. The van der Waals surface area contributed by atoms with Crippen LogP contribution in [-0.2, 0) is 4.79 Å². The van der Waals surface area contributed by atoms with Crippen molar-refractivity contribution in [1.29, 1.82) is 0 Å². The zero-order valence-electron chi connectivity index (χ0n) is 5.29.